The van der Waals surface area contributed by atoms with Gasteiger partial charge in [0.25, 0.3) is 0 Å². The largest absolute Gasteiger partial charge is 0.306 e. The number of aryl methyl sites for hydroxylation is 1. The first kappa shape index (κ1) is 11.7. The molecule has 17 heavy (non-hydrogen) atoms. The lowest BCUT2D eigenvalue weighted by Crippen LogP contribution is -2.23. The topological polar surface area (TPSA) is 50.7 Å². The summed E-state index contributed by atoms with van der Waals surface area (Å²) in [6, 6.07) is 2.17. The summed E-state index contributed by atoms with van der Waals surface area (Å²) in [6.45, 7) is 5.05. The average molecular weight is 228 g/mol. The van der Waals surface area contributed by atoms with Crippen LogP contribution < -0.4 is 5.32 Å². The van der Waals surface area contributed by atoms with Gasteiger partial charge in [-0.05, 0) is 30.7 Å². The van der Waals surface area contributed by atoms with E-state index in [1.165, 1.54) is 11.1 Å². The van der Waals surface area contributed by atoms with Gasteiger partial charge >= 0.3 is 0 Å². The molecule has 4 heteroatoms. The number of hydrogen-bond donors (Lipinski definition) is 1. The monoisotopic (exact) mass is 228 g/mol. The second-order valence-electron chi connectivity index (χ2n) is 3.89. The van der Waals surface area contributed by atoms with Crippen molar-refractivity contribution in [1.82, 2.24) is 20.3 Å². The maximum absolute atomic E-state index is 4.12. The molecule has 2 rings (SSSR count). The molecule has 0 spiro atoms. The zero-order valence-corrected chi connectivity index (χ0v) is 10.1. The molecule has 0 aliphatic carbocycles. The van der Waals surface area contributed by atoms with Gasteiger partial charge in [-0.25, -0.2) is 9.97 Å². The SMILES string of the molecule is CCNC(c1cncnc1)c1ccncc1C. The van der Waals surface area contributed by atoms with Crippen molar-refractivity contribution in [2.75, 3.05) is 6.54 Å². The Hall–Kier alpha value is -1.81. The Morgan fingerprint density at radius 3 is 2.59 bits per heavy atom. The summed E-state index contributed by atoms with van der Waals surface area (Å²) in [7, 11) is 0. The van der Waals surface area contributed by atoms with Crippen LogP contribution in [-0.4, -0.2) is 21.5 Å². The van der Waals surface area contributed by atoms with Crippen LogP contribution >= 0.6 is 0 Å². The van der Waals surface area contributed by atoms with E-state index in [0.717, 1.165) is 12.1 Å². The van der Waals surface area contributed by atoms with E-state index in [0.29, 0.717) is 0 Å². The molecule has 2 aromatic rings. The first-order valence-electron chi connectivity index (χ1n) is 5.71. The molecule has 0 radical (unpaired) electrons. The fourth-order valence-electron chi connectivity index (χ4n) is 1.88. The van der Waals surface area contributed by atoms with Gasteiger partial charge in [0.15, 0.2) is 0 Å². The van der Waals surface area contributed by atoms with Crippen LogP contribution in [0.3, 0.4) is 0 Å². The average Bonchev–Trinajstić information content (AvgIpc) is 2.38. The van der Waals surface area contributed by atoms with Gasteiger partial charge in [0.05, 0.1) is 6.04 Å². The zero-order valence-electron chi connectivity index (χ0n) is 10.1. The van der Waals surface area contributed by atoms with Crippen LogP contribution in [0.4, 0.5) is 0 Å². The molecule has 1 unspecified atom stereocenters. The van der Waals surface area contributed by atoms with Crippen molar-refractivity contribution in [1.29, 1.82) is 0 Å². The van der Waals surface area contributed by atoms with Crippen LogP contribution in [0.2, 0.25) is 0 Å². The summed E-state index contributed by atoms with van der Waals surface area (Å²) in [5.74, 6) is 0. The molecule has 0 fully saturated rings. The Labute approximate surface area is 101 Å². The minimum absolute atomic E-state index is 0.129. The summed E-state index contributed by atoms with van der Waals surface area (Å²) in [5, 5.41) is 3.45. The Kier molecular flexibility index (Phi) is 3.77. The van der Waals surface area contributed by atoms with Gasteiger partial charge in [-0.3, -0.25) is 4.98 Å². The fourth-order valence-corrected chi connectivity index (χ4v) is 1.88. The lowest BCUT2D eigenvalue weighted by Gasteiger charge is -2.19. The first-order chi connectivity index (χ1) is 8.33. The Bertz CT molecular complexity index is 470. The quantitative estimate of drug-likeness (QED) is 0.868. The van der Waals surface area contributed by atoms with Crippen molar-refractivity contribution >= 4 is 0 Å². The van der Waals surface area contributed by atoms with Gasteiger partial charge in [-0.2, -0.15) is 0 Å². The van der Waals surface area contributed by atoms with Gasteiger partial charge < -0.3 is 5.32 Å². The molecule has 0 amide bonds. The van der Waals surface area contributed by atoms with E-state index < -0.39 is 0 Å². The van der Waals surface area contributed by atoms with Crippen LogP contribution in [0.5, 0.6) is 0 Å². The second-order valence-corrected chi connectivity index (χ2v) is 3.89. The molecule has 1 atom stereocenters. The van der Waals surface area contributed by atoms with E-state index in [1.807, 2.05) is 30.9 Å². The Balaban J connectivity index is 2.39. The van der Waals surface area contributed by atoms with E-state index in [4.69, 9.17) is 0 Å². The Morgan fingerprint density at radius 1 is 1.18 bits per heavy atom. The molecular weight excluding hydrogens is 212 g/mol. The Morgan fingerprint density at radius 2 is 1.94 bits per heavy atom. The predicted molar refractivity (Wildman–Crippen MR) is 66.5 cm³/mol. The number of aromatic nitrogens is 3. The number of hydrogen-bond acceptors (Lipinski definition) is 4. The third-order valence-corrected chi connectivity index (χ3v) is 2.70. The summed E-state index contributed by atoms with van der Waals surface area (Å²) in [4.78, 5) is 12.3. The summed E-state index contributed by atoms with van der Waals surface area (Å²) in [6.07, 6.45) is 8.94. The highest BCUT2D eigenvalue weighted by Gasteiger charge is 2.15. The maximum atomic E-state index is 4.12. The molecule has 2 aromatic heterocycles. The molecule has 4 nitrogen and oxygen atoms in total. The molecule has 0 aliphatic rings. The number of pyridine rings is 1. The van der Waals surface area contributed by atoms with Crippen molar-refractivity contribution in [2.24, 2.45) is 0 Å². The highest BCUT2D eigenvalue weighted by molar-refractivity contribution is 5.32. The summed E-state index contributed by atoms with van der Waals surface area (Å²) >= 11 is 0. The van der Waals surface area contributed by atoms with E-state index >= 15 is 0 Å². The zero-order chi connectivity index (χ0) is 12.1. The van der Waals surface area contributed by atoms with E-state index in [9.17, 15) is 0 Å². The third-order valence-electron chi connectivity index (χ3n) is 2.70. The maximum Gasteiger partial charge on any atom is 0.115 e. The van der Waals surface area contributed by atoms with E-state index in [-0.39, 0.29) is 6.04 Å². The smallest absolute Gasteiger partial charge is 0.115 e. The third kappa shape index (κ3) is 2.65. The fraction of sp³-hybridized carbons (Fsp3) is 0.308. The van der Waals surface area contributed by atoms with E-state index in [2.05, 4.69) is 34.1 Å². The van der Waals surface area contributed by atoms with Crippen molar-refractivity contribution in [3.63, 3.8) is 0 Å². The molecule has 0 aromatic carbocycles. The van der Waals surface area contributed by atoms with Crippen LogP contribution in [0.1, 0.15) is 29.7 Å². The minimum Gasteiger partial charge on any atom is -0.306 e. The van der Waals surface area contributed by atoms with Crippen LogP contribution in [0.25, 0.3) is 0 Å². The second kappa shape index (κ2) is 5.50. The number of nitrogens with one attached hydrogen (secondary N) is 1. The number of rotatable bonds is 4. The van der Waals surface area contributed by atoms with Gasteiger partial charge in [-0.1, -0.05) is 6.92 Å². The van der Waals surface area contributed by atoms with Crippen LogP contribution in [0.15, 0.2) is 37.2 Å². The van der Waals surface area contributed by atoms with E-state index in [1.54, 1.807) is 6.33 Å². The van der Waals surface area contributed by atoms with Crippen molar-refractivity contribution < 1.29 is 0 Å². The van der Waals surface area contributed by atoms with Crippen molar-refractivity contribution in [3.8, 4) is 0 Å². The van der Waals surface area contributed by atoms with Crippen LogP contribution in [-0.2, 0) is 0 Å². The molecule has 1 N–H and O–H groups in total. The molecule has 0 saturated carbocycles. The van der Waals surface area contributed by atoms with Crippen LogP contribution in [0, 0.1) is 6.92 Å². The lowest BCUT2D eigenvalue weighted by atomic mass is 9.98. The lowest BCUT2D eigenvalue weighted by molar-refractivity contribution is 0.622. The van der Waals surface area contributed by atoms with Crippen molar-refractivity contribution in [2.45, 2.75) is 19.9 Å². The highest BCUT2D eigenvalue weighted by atomic mass is 14.9. The molecule has 0 saturated heterocycles. The normalized spacial score (nSPS) is 12.4. The standard InChI is InChI=1S/C13H16N4/c1-3-17-13(11-7-15-9-16-8-11)12-4-5-14-6-10(12)2/h4-9,13,17H,3H2,1-2H3. The molecule has 2 heterocycles. The summed E-state index contributed by atoms with van der Waals surface area (Å²) in [5.41, 5.74) is 3.46. The minimum atomic E-state index is 0.129. The van der Waals surface area contributed by atoms with Gasteiger partial charge in [0.2, 0.25) is 0 Å². The first-order valence-corrected chi connectivity index (χ1v) is 5.71. The molecule has 0 bridgehead atoms. The summed E-state index contributed by atoms with van der Waals surface area (Å²) < 4.78 is 0. The van der Waals surface area contributed by atoms with Gasteiger partial charge in [0, 0.05) is 30.4 Å². The molecule has 0 aliphatic heterocycles. The van der Waals surface area contributed by atoms with Gasteiger partial charge in [-0.15, -0.1) is 0 Å². The predicted octanol–water partition coefficient (Wildman–Crippen LogP) is 1.88. The van der Waals surface area contributed by atoms with Crippen molar-refractivity contribution in [3.05, 3.63) is 53.9 Å². The highest BCUT2D eigenvalue weighted by Crippen LogP contribution is 2.22. The van der Waals surface area contributed by atoms with Gasteiger partial charge in [0.1, 0.15) is 6.33 Å². The molecule has 88 valence electrons. The number of nitrogens with zero attached hydrogens (tertiary/aromatic N) is 3. The molecular formula is C13H16N4.